The maximum absolute atomic E-state index is 6.30. The van der Waals surface area contributed by atoms with Crippen molar-refractivity contribution in [1.82, 2.24) is 0 Å². The summed E-state index contributed by atoms with van der Waals surface area (Å²) in [7, 11) is 0.495. The summed E-state index contributed by atoms with van der Waals surface area (Å²) >= 11 is 0. The third-order valence-corrected chi connectivity index (χ3v) is 7.52. The van der Waals surface area contributed by atoms with Crippen LogP contribution in [0.4, 0.5) is 0 Å². The molecule has 0 saturated carbocycles. The molecule has 0 aliphatic carbocycles. The minimum Gasteiger partial charge on any atom is -0.380 e. The van der Waals surface area contributed by atoms with E-state index in [-0.39, 0.29) is 22.9 Å². The number of rotatable bonds is 14. The molecule has 0 atom stereocenters. The molecule has 3 aliphatic heterocycles. The van der Waals surface area contributed by atoms with Crippen molar-refractivity contribution in [3.05, 3.63) is 0 Å². The van der Waals surface area contributed by atoms with E-state index < -0.39 is 5.97 Å². The molecule has 164 valence electrons. The molecule has 0 unspecified atom stereocenters. The summed E-state index contributed by atoms with van der Waals surface area (Å²) < 4.78 is 40.9. The molecule has 0 bridgehead atoms. The van der Waals surface area contributed by atoms with Crippen LogP contribution in [-0.4, -0.2) is 82.5 Å². The van der Waals surface area contributed by atoms with Crippen molar-refractivity contribution in [2.24, 2.45) is 16.2 Å². The Kier molecular flexibility index (Phi) is 7.58. The van der Waals surface area contributed by atoms with Crippen LogP contribution in [0, 0.1) is 16.2 Å². The molecule has 3 rings (SSSR count). The van der Waals surface area contributed by atoms with Gasteiger partial charge < -0.3 is 32.8 Å². The van der Waals surface area contributed by atoms with Crippen LogP contribution in [0.15, 0.2) is 0 Å². The van der Waals surface area contributed by atoms with Crippen molar-refractivity contribution in [3.8, 4) is 0 Å². The Labute approximate surface area is 172 Å². The van der Waals surface area contributed by atoms with Crippen LogP contribution in [0.1, 0.15) is 40.0 Å². The molecule has 3 saturated heterocycles. The van der Waals surface area contributed by atoms with E-state index in [9.17, 15) is 0 Å². The Morgan fingerprint density at radius 1 is 0.714 bits per heavy atom. The van der Waals surface area contributed by atoms with Crippen molar-refractivity contribution >= 4 is 10.5 Å². The SMILES string of the molecule is CCC1(COCC(O[SiH3])(OCC2(CC)COC2)OCC2(CC)COC2)COC1. The first-order chi connectivity index (χ1) is 13.5. The average Bonchev–Trinajstić information content (AvgIpc) is 2.62. The molecule has 0 aromatic carbocycles. The predicted molar refractivity (Wildman–Crippen MR) is 107 cm³/mol. The maximum atomic E-state index is 6.30. The molecule has 8 heteroatoms. The van der Waals surface area contributed by atoms with Crippen LogP contribution in [0.3, 0.4) is 0 Å². The minimum absolute atomic E-state index is 0.0587. The molecule has 3 aliphatic rings. The summed E-state index contributed by atoms with van der Waals surface area (Å²) in [6.45, 7) is 12.9. The van der Waals surface area contributed by atoms with E-state index in [4.69, 9.17) is 32.8 Å². The van der Waals surface area contributed by atoms with Crippen molar-refractivity contribution in [3.63, 3.8) is 0 Å². The minimum atomic E-state index is -1.15. The standard InChI is InChI=1S/C20H38O7Si/c1-4-17(7-21-8-17)9-24-16-20(27-28,25-14-18(5-2)10-22-11-18)26-15-19(6-3)12-23-13-19/h4-16H2,1-3,28H3. The highest BCUT2D eigenvalue weighted by atomic mass is 28.2. The molecule has 0 spiro atoms. The molecule has 7 nitrogen and oxygen atoms in total. The molecular weight excluding hydrogens is 380 g/mol. The van der Waals surface area contributed by atoms with Crippen LogP contribution >= 0.6 is 0 Å². The van der Waals surface area contributed by atoms with Crippen molar-refractivity contribution in [1.29, 1.82) is 0 Å². The Balaban J connectivity index is 1.60. The number of ether oxygens (including phenoxy) is 6. The number of hydrogen-bond acceptors (Lipinski definition) is 7. The van der Waals surface area contributed by atoms with Gasteiger partial charge in [-0.1, -0.05) is 20.8 Å². The molecule has 0 N–H and O–H groups in total. The van der Waals surface area contributed by atoms with Crippen LogP contribution in [0.2, 0.25) is 0 Å². The van der Waals surface area contributed by atoms with Crippen LogP contribution in [-0.2, 0) is 32.8 Å². The maximum Gasteiger partial charge on any atom is 0.297 e. The highest BCUT2D eigenvalue weighted by Gasteiger charge is 2.46. The molecule has 0 aromatic heterocycles. The third kappa shape index (κ3) is 4.80. The summed E-state index contributed by atoms with van der Waals surface area (Å²) in [4.78, 5) is 0. The van der Waals surface area contributed by atoms with Gasteiger partial charge in [-0.3, -0.25) is 0 Å². The van der Waals surface area contributed by atoms with Crippen LogP contribution in [0.25, 0.3) is 0 Å². The molecule has 0 radical (unpaired) electrons. The van der Waals surface area contributed by atoms with Crippen molar-refractivity contribution < 1.29 is 32.8 Å². The first-order valence-electron chi connectivity index (χ1n) is 10.6. The largest absolute Gasteiger partial charge is 0.380 e. The predicted octanol–water partition coefficient (Wildman–Crippen LogP) is 1.27. The van der Waals surface area contributed by atoms with E-state index in [1.807, 2.05) is 0 Å². The van der Waals surface area contributed by atoms with Gasteiger partial charge in [0.25, 0.3) is 5.97 Å². The zero-order valence-corrected chi connectivity index (χ0v) is 20.1. The normalized spacial score (nSPS) is 25.0. The molecule has 3 heterocycles. The molecule has 3 fully saturated rings. The smallest absolute Gasteiger partial charge is 0.297 e. The van der Waals surface area contributed by atoms with Gasteiger partial charge in [0, 0.05) is 16.2 Å². The Hall–Kier alpha value is -0.0631. The van der Waals surface area contributed by atoms with E-state index in [2.05, 4.69) is 20.8 Å². The molecule has 0 aromatic rings. The second-order valence-corrected chi connectivity index (χ2v) is 9.40. The third-order valence-electron chi connectivity index (χ3n) is 6.89. The van der Waals surface area contributed by atoms with Gasteiger partial charge in [-0.2, -0.15) is 0 Å². The average molecular weight is 419 g/mol. The summed E-state index contributed by atoms with van der Waals surface area (Å²) in [5.74, 6) is -1.15. The lowest BCUT2D eigenvalue weighted by Crippen LogP contribution is -2.55. The molecular formula is C20H38O7Si. The van der Waals surface area contributed by atoms with E-state index in [0.717, 1.165) is 58.9 Å². The first-order valence-corrected chi connectivity index (χ1v) is 11.4. The fraction of sp³-hybridized carbons (Fsp3) is 1.00. The molecule has 0 amide bonds. The lowest BCUT2D eigenvalue weighted by Gasteiger charge is -2.46. The first kappa shape index (κ1) is 22.6. The lowest BCUT2D eigenvalue weighted by molar-refractivity contribution is -0.387. The van der Waals surface area contributed by atoms with Crippen LogP contribution in [0.5, 0.6) is 0 Å². The zero-order chi connectivity index (χ0) is 20.1. The fourth-order valence-electron chi connectivity index (χ4n) is 3.56. The van der Waals surface area contributed by atoms with Gasteiger partial charge in [0.2, 0.25) is 0 Å². The fourth-order valence-corrected chi connectivity index (χ4v) is 3.91. The van der Waals surface area contributed by atoms with E-state index in [1.54, 1.807) is 0 Å². The van der Waals surface area contributed by atoms with Gasteiger partial charge in [0.15, 0.2) is 10.5 Å². The van der Waals surface area contributed by atoms with Gasteiger partial charge in [0.1, 0.15) is 6.61 Å². The zero-order valence-electron chi connectivity index (χ0n) is 18.1. The van der Waals surface area contributed by atoms with Crippen LogP contribution < -0.4 is 0 Å². The summed E-state index contributed by atoms with van der Waals surface area (Å²) in [5.41, 5.74) is 0.238. The van der Waals surface area contributed by atoms with Gasteiger partial charge in [0.05, 0.1) is 59.5 Å². The van der Waals surface area contributed by atoms with Gasteiger partial charge in [-0.05, 0) is 19.3 Å². The van der Waals surface area contributed by atoms with E-state index in [0.29, 0.717) is 30.3 Å². The summed E-state index contributed by atoms with van der Waals surface area (Å²) in [5, 5.41) is 0. The topological polar surface area (TPSA) is 64.6 Å². The summed E-state index contributed by atoms with van der Waals surface area (Å²) in [6.07, 6.45) is 3.05. The Bertz CT molecular complexity index is 446. The van der Waals surface area contributed by atoms with Gasteiger partial charge in [-0.15, -0.1) is 0 Å². The highest BCUT2D eigenvalue weighted by molar-refractivity contribution is 5.98. The molecule has 28 heavy (non-hydrogen) atoms. The monoisotopic (exact) mass is 418 g/mol. The quantitative estimate of drug-likeness (QED) is 0.311. The number of hydrogen-bond donors (Lipinski definition) is 0. The second kappa shape index (κ2) is 9.39. The Morgan fingerprint density at radius 3 is 1.39 bits per heavy atom. The van der Waals surface area contributed by atoms with Crippen molar-refractivity contribution in [2.75, 3.05) is 66.1 Å². The highest BCUT2D eigenvalue weighted by Crippen LogP contribution is 2.37. The van der Waals surface area contributed by atoms with E-state index >= 15 is 0 Å². The van der Waals surface area contributed by atoms with Crippen molar-refractivity contribution in [2.45, 2.75) is 46.0 Å². The second-order valence-electron chi connectivity index (χ2n) is 9.00. The lowest BCUT2D eigenvalue weighted by atomic mass is 9.84. The van der Waals surface area contributed by atoms with Gasteiger partial charge >= 0.3 is 0 Å². The summed E-state index contributed by atoms with van der Waals surface area (Å²) in [6, 6.07) is 0. The van der Waals surface area contributed by atoms with E-state index in [1.165, 1.54) is 0 Å². The Morgan fingerprint density at radius 2 is 1.11 bits per heavy atom. The van der Waals surface area contributed by atoms with Gasteiger partial charge in [-0.25, -0.2) is 0 Å².